The summed E-state index contributed by atoms with van der Waals surface area (Å²) in [7, 11) is 0.143. The van der Waals surface area contributed by atoms with Crippen molar-refractivity contribution in [3.8, 4) is 0 Å². The number of nitrogens with zero attached hydrogens (tertiary/aromatic N) is 3. The van der Waals surface area contributed by atoms with E-state index in [1.807, 2.05) is 44.1 Å². The first-order valence-corrected chi connectivity index (χ1v) is 12.6. The smallest absolute Gasteiger partial charge is 0.255 e. The van der Waals surface area contributed by atoms with Gasteiger partial charge in [-0.1, -0.05) is 6.07 Å². The largest absolute Gasteiger partial charge is 0.379 e. The zero-order valence-electron chi connectivity index (χ0n) is 19.6. The Morgan fingerprint density at radius 2 is 1.88 bits per heavy atom. The summed E-state index contributed by atoms with van der Waals surface area (Å²) >= 11 is 0. The van der Waals surface area contributed by atoms with Gasteiger partial charge < -0.3 is 20.5 Å². The van der Waals surface area contributed by atoms with Crippen LogP contribution in [-0.2, 0) is 16.6 Å². The third-order valence-corrected chi connectivity index (χ3v) is 7.76. The van der Waals surface area contributed by atoms with Gasteiger partial charge in [0.05, 0.1) is 23.5 Å². The fourth-order valence-corrected chi connectivity index (χ4v) is 5.46. The molecule has 0 aliphatic carbocycles. The summed E-state index contributed by atoms with van der Waals surface area (Å²) in [4.78, 5) is 22.5. The minimum absolute atomic E-state index is 0.102. The van der Waals surface area contributed by atoms with Crippen molar-refractivity contribution >= 4 is 33.0 Å². The molecule has 1 fully saturated rings. The molecule has 0 bridgehead atoms. The van der Waals surface area contributed by atoms with Crippen LogP contribution in [0.3, 0.4) is 0 Å². The summed E-state index contributed by atoms with van der Waals surface area (Å²) in [5.74, 6) is -0.381. The number of carbonyl (C=O) groups excluding carboxylic acids is 1. The van der Waals surface area contributed by atoms with E-state index in [1.165, 1.54) is 10.4 Å². The lowest BCUT2D eigenvalue weighted by atomic mass is 10.1. The van der Waals surface area contributed by atoms with E-state index >= 15 is 0 Å². The van der Waals surface area contributed by atoms with Gasteiger partial charge in [0.15, 0.2) is 0 Å². The molecule has 3 aromatic rings. The van der Waals surface area contributed by atoms with Gasteiger partial charge in [-0.2, -0.15) is 4.31 Å². The predicted octanol–water partition coefficient (Wildman–Crippen LogP) is 3.43. The average molecular weight is 483 g/mol. The molecule has 2 aromatic carbocycles. The van der Waals surface area contributed by atoms with Crippen LogP contribution in [0.5, 0.6) is 0 Å². The number of hydrogen-bond donors (Lipinski definition) is 3. The summed E-state index contributed by atoms with van der Waals surface area (Å²) in [6.07, 6.45) is 3.29. The van der Waals surface area contributed by atoms with Crippen LogP contribution < -0.4 is 15.5 Å². The van der Waals surface area contributed by atoms with Crippen LogP contribution in [0.4, 0.5) is 17.1 Å². The highest BCUT2D eigenvalue weighted by Gasteiger charge is 2.28. The van der Waals surface area contributed by atoms with Crippen LogP contribution in [0, 0.1) is 6.92 Å². The molecule has 3 N–H and O–H groups in total. The second-order valence-electron chi connectivity index (χ2n) is 8.58. The van der Waals surface area contributed by atoms with Crippen molar-refractivity contribution in [1.82, 2.24) is 14.3 Å². The van der Waals surface area contributed by atoms with Crippen molar-refractivity contribution < 1.29 is 13.2 Å². The first-order valence-electron chi connectivity index (χ1n) is 11.2. The topological polar surface area (TPSA) is 110 Å². The van der Waals surface area contributed by atoms with Gasteiger partial charge in [-0.15, -0.1) is 0 Å². The molecule has 2 heterocycles. The highest BCUT2D eigenvalue weighted by atomic mass is 32.2. The zero-order chi connectivity index (χ0) is 24.3. The Kier molecular flexibility index (Phi) is 6.90. The van der Waals surface area contributed by atoms with E-state index in [9.17, 15) is 13.2 Å². The number of amides is 1. The van der Waals surface area contributed by atoms with Gasteiger partial charge in [-0.25, -0.2) is 13.4 Å². The maximum Gasteiger partial charge on any atom is 0.255 e. The molecule has 1 amide bonds. The second-order valence-corrected chi connectivity index (χ2v) is 10.5. The number of carbonyl (C=O) groups is 1. The van der Waals surface area contributed by atoms with E-state index in [4.69, 9.17) is 0 Å². The SMILES string of the molecule is Cc1[nH]cnc1CNc1cc(C(=O)Nc2cccc(N(C)C)c2)cc(S(=O)(=O)N2CCCC2)c1. The van der Waals surface area contributed by atoms with Crippen molar-refractivity contribution in [3.05, 3.63) is 65.7 Å². The number of aryl methyl sites for hydroxylation is 1. The molecule has 9 nitrogen and oxygen atoms in total. The van der Waals surface area contributed by atoms with E-state index in [0.717, 1.165) is 29.9 Å². The quantitative estimate of drug-likeness (QED) is 0.454. The Hall–Kier alpha value is -3.37. The molecule has 180 valence electrons. The number of imidazole rings is 1. The lowest BCUT2D eigenvalue weighted by molar-refractivity contribution is 0.102. The van der Waals surface area contributed by atoms with Crippen molar-refractivity contribution in [2.75, 3.05) is 42.7 Å². The van der Waals surface area contributed by atoms with E-state index in [2.05, 4.69) is 20.6 Å². The van der Waals surface area contributed by atoms with Crippen molar-refractivity contribution in [2.45, 2.75) is 31.2 Å². The van der Waals surface area contributed by atoms with Crippen LogP contribution in [0.1, 0.15) is 34.6 Å². The van der Waals surface area contributed by atoms with Gasteiger partial charge in [0.25, 0.3) is 5.91 Å². The number of sulfonamides is 1. The van der Waals surface area contributed by atoms with E-state index in [1.54, 1.807) is 24.5 Å². The summed E-state index contributed by atoms with van der Waals surface area (Å²) in [6.45, 7) is 3.30. The Bertz CT molecular complexity index is 1280. The van der Waals surface area contributed by atoms with Crippen LogP contribution in [0.15, 0.2) is 53.7 Å². The number of nitrogens with one attached hydrogen (secondary N) is 3. The molecule has 0 radical (unpaired) electrons. The molecule has 1 aromatic heterocycles. The minimum atomic E-state index is -3.70. The fraction of sp³-hybridized carbons (Fsp3) is 0.333. The van der Waals surface area contributed by atoms with Crippen molar-refractivity contribution in [1.29, 1.82) is 0 Å². The molecule has 1 aliphatic heterocycles. The second kappa shape index (κ2) is 9.86. The minimum Gasteiger partial charge on any atom is -0.379 e. The Morgan fingerprint density at radius 3 is 2.56 bits per heavy atom. The molecule has 0 atom stereocenters. The van der Waals surface area contributed by atoms with E-state index in [-0.39, 0.29) is 16.4 Å². The molecule has 0 saturated carbocycles. The number of benzene rings is 2. The summed E-state index contributed by atoms with van der Waals surface area (Å²) < 4.78 is 28.0. The average Bonchev–Trinajstić information content (AvgIpc) is 3.50. The first kappa shape index (κ1) is 23.8. The molecule has 1 saturated heterocycles. The monoisotopic (exact) mass is 482 g/mol. The number of aromatic nitrogens is 2. The first-order chi connectivity index (χ1) is 16.2. The third-order valence-electron chi connectivity index (χ3n) is 5.89. The molecule has 0 spiro atoms. The number of aromatic amines is 1. The zero-order valence-corrected chi connectivity index (χ0v) is 20.4. The van der Waals surface area contributed by atoms with Crippen LogP contribution in [-0.4, -0.2) is 55.8 Å². The normalized spacial score (nSPS) is 14.2. The third kappa shape index (κ3) is 5.23. The number of rotatable bonds is 8. The molecule has 10 heteroatoms. The summed E-state index contributed by atoms with van der Waals surface area (Å²) in [5, 5.41) is 6.11. The predicted molar refractivity (Wildman–Crippen MR) is 134 cm³/mol. The molecule has 4 rings (SSSR count). The van der Waals surface area contributed by atoms with Crippen LogP contribution in [0.2, 0.25) is 0 Å². The van der Waals surface area contributed by atoms with Crippen LogP contribution in [0.25, 0.3) is 0 Å². The highest BCUT2D eigenvalue weighted by Crippen LogP contribution is 2.26. The standard InChI is InChI=1S/C24H30N6O3S/c1-17-23(27-16-26-17)15-25-20-11-18(12-22(14-20)34(32,33)30-9-4-5-10-30)24(31)28-19-7-6-8-21(13-19)29(2)3/h6-8,11-14,16,25H,4-5,9-10,15H2,1-3H3,(H,26,27)(H,28,31). The highest BCUT2D eigenvalue weighted by molar-refractivity contribution is 7.89. The molecule has 1 aliphatic rings. The molecular weight excluding hydrogens is 452 g/mol. The Morgan fingerprint density at radius 1 is 1.12 bits per heavy atom. The van der Waals surface area contributed by atoms with Crippen molar-refractivity contribution in [3.63, 3.8) is 0 Å². The van der Waals surface area contributed by atoms with Gasteiger partial charge in [0, 0.05) is 55.5 Å². The van der Waals surface area contributed by atoms with Gasteiger partial charge >= 0.3 is 0 Å². The van der Waals surface area contributed by atoms with Crippen molar-refractivity contribution in [2.24, 2.45) is 0 Å². The van der Waals surface area contributed by atoms with Gasteiger partial charge in [-0.05, 0) is 56.2 Å². The van der Waals surface area contributed by atoms with E-state index < -0.39 is 10.0 Å². The summed E-state index contributed by atoms with van der Waals surface area (Å²) in [6, 6.07) is 12.2. The van der Waals surface area contributed by atoms with Gasteiger partial charge in [0.1, 0.15) is 0 Å². The Labute approximate surface area is 200 Å². The molecular formula is C24H30N6O3S. The lowest BCUT2D eigenvalue weighted by Crippen LogP contribution is -2.28. The summed E-state index contributed by atoms with van der Waals surface area (Å²) in [5.41, 5.74) is 4.11. The maximum absolute atomic E-state index is 13.3. The molecule has 0 unspecified atom stereocenters. The number of hydrogen-bond acceptors (Lipinski definition) is 6. The van der Waals surface area contributed by atoms with Crippen LogP contribution >= 0.6 is 0 Å². The van der Waals surface area contributed by atoms with Gasteiger partial charge in [-0.3, -0.25) is 4.79 Å². The van der Waals surface area contributed by atoms with E-state index in [0.29, 0.717) is 31.0 Å². The fourth-order valence-electron chi connectivity index (χ4n) is 3.87. The van der Waals surface area contributed by atoms with Gasteiger partial charge in [0.2, 0.25) is 10.0 Å². The number of H-pyrrole nitrogens is 1. The maximum atomic E-state index is 13.3. The number of anilines is 3. The lowest BCUT2D eigenvalue weighted by Gasteiger charge is -2.18. The Balaban J connectivity index is 1.65. The molecule has 34 heavy (non-hydrogen) atoms.